The maximum atomic E-state index is 11.2. The Morgan fingerprint density at radius 2 is 2.12 bits per heavy atom. The summed E-state index contributed by atoms with van der Waals surface area (Å²) < 4.78 is 11.2. The minimum Gasteiger partial charge on any atom is -0.478 e. The number of pyridine rings is 1. The first-order valence-electron chi connectivity index (χ1n) is 5.41. The lowest BCUT2D eigenvalue weighted by Gasteiger charge is -2.25. The van der Waals surface area contributed by atoms with Crippen molar-refractivity contribution in [1.82, 2.24) is 9.88 Å². The molecule has 0 radical (unpaired) electrons. The van der Waals surface area contributed by atoms with E-state index in [0.717, 1.165) is 18.8 Å². The molecule has 1 N–H and O–H groups in total. The zero-order valence-electron chi connectivity index (χ0n) is 9.33. The maximum Gasteiger partial charge on any atom is 0.337 e. The second kappa shape index (κ2) is 5.37. The van der Waals surface area contributed by atoms with Crippen LogP contribution in [-0.2, 0) is 17.3 Å². The molecule has 17 heavy (non-hydrogen) atoms. The highest BCUT2D eigenvalue weighted by atomic mass is 32.2. The van der Waals surface area contributed by atoms with Gasteiger partial charge in [0, 0.05) is 48.1 Å². The fourth-order valence-electron chi connectivity index (χ4n) is 1.71. The Labute approximate surface area is 102 Å². The van der Waals surface area contributed by atoms with Crippen LogP contribution in [0.3, 0.4) is 0 Å². The first-order chi connectivity index (χ1) is 8.15. The van der Waals surface area contributed by atoms with Gasteiger partial charge in [0.1, 0.15) is 0 Å². The average molecular weight is 254 g/mol. The Bertz CT molecular complexity index is 423. The molecule has 1 fully saturated rings. The van der Waals surface area contributed by atoms with Gasteiger partial charge in [0.05, 0.1) is 11.3 Å². The largest absolute Gasteiger partial charge is 0.478 e. The van der Waals surface area contributed by atoms with Crippen molar-refractivity contribution < 1.29 is 14.1 Å². The molecule has 1 aliphatic rings. The molecule has 1 saturated heterocycles. The molecule has 2 heterocycles. The van der Waals surface area contributed by atoms with E-state index in [1.165, 1.54) is 6.20 Å². The molecule has 0 bridgehead atoms. The van der Waals surface area contributed by atoms with E-state index < -0.39 is 16.8 Å². The number of carboxylic acid groups (broad SMARTS) is 1. The number of rotatable bonds is 3. The summed E-state index contributed by atoms with van der Waals surface area (Å²) in [5, 5.41) is 8.74. The minimum atomic E-state index is -0.961. The molecule has 0 atom stereocenters. The van der Waals surface area contributed by atoms with Crippen molar-refractivity contribution in [2.75, 3.05) is 24.6 Å². The number of aromatic nitrogens is 1. The van der Waals surface area contributed by atoms with Crippen molar-refractivity contribution in [2.45, 2.75) is 6.54 Å². The standard InChI is InChI=1S/C11H14N2O3S/c14-11(15)9-1-2-10(12-7-9)8-13-3-5-17(16)6-4-13/h1-2,7H,3-6,8H2,(H,14,15). The lowest BCUT2D eigenvalue weighted by Crippen LogP contribution is -2.37. The van der Waals surface area contributed by atoms with Crippen LogP contribution in [0.4, 0.5) is 0 Å². The summed E-state index contributed by atoms with van der Waals surface area (Å²) >= 11 is 0. The molecule has 2 rings (SSSR count). The molecule has 0 aliphatic carbocycles. The van der Waals surface area contributed by atoms with Crippen LogP contribution in [0.2, 0.25) is 0 Å². The van der Waals surface area contributed by atoms with Gasteiger partial charge in [-0.15, -0.1) is 0 Å². The van der Waals surface area contributed by atoms with E-state index in [1.807, 2.05) is 0 Å². The number of carbonyl (C=O) groups is 1. The summed E-state index contributed by atoms with van der Waals surface area (Å²) in [7, 11) is -0.669. The minimum absolute atomic E-state index is 0.202. The van der Waals surface area contributed by atoms with E-state index in [9.17, 15) is 9.00 Å². The summed E-state index contributed by atoms with van der Waals surface area (Å²) in [6, 6.07) is 3.29. The topological polar surface area (TPSA) is 70.5 Å². The smallest absolute Gasteiger partial charge is 0.337 e. The normalized spacial score (nSPS) is 18.1. The molecule has 0 aromatic carbocycles. The number of aromatic carboxylic acids is 1. The van der Waals surface area contributed by atoms with Gasteiger partial charge in [0.2, 0.25) is 0 Å². The average Bonchev–Trinajstić information content (AvgIpc) is 2.33. The zero-order chi connectivity index (χ0) is 12.3. The van der Waals surface area contributed by atoms with E-state index in [-0.39, 0.29) is 5.56 Å². The predicted molar refractivity (Wildman–Crippen MR) is 64.3 cm³/mol. The summed E-state index contributed by atoms with van der Waals surface area (Å²) in [6.07, 6.45) is 1.37. The predicted octanol–water partition coefficient (Wildman–Crippen LogP) is 0.344. The monoisotopic (exact) mass is 254 g/mol. The van der Waals surface area contributed by atoms with Gasteiger partial charge < -0.3 is 5.11 Å². The Morgan fingerprint density at radius 1 is 1.41 bits per heavy atom. The highest BCUT2D eigenvalue weighted by Gasteiger charge is 2.15. The van der Waals surface area contributed by atoms with Gasteiger partial charge in [-0.1, -0.05) is 0 Å². The van der Waals surface area contributed by atoms with Gasteiger partial charge in [-0.2, -0.15) is 0 Å². The molecule has 0 amide bonds. The van der Waals surface area contributed by atoms with E-state index in [0.29, 0.717) is 18.1 Å². The highest BCUT2D eigenvalue weighted by Crippen LogP contribution is 2.07. The Kier molecular flexibility index (Phi) is 3.86. The molecule has 6 heteroatoms. The second-order valence-corrected chi connectivity index (χ2v) is 5.66. The number of carboxylic acids is 1. The number of hydrogen-bond acceptors (Lipinski definition) is 4. The van der Waals surface area contributed by atoms with Crippen molar-refractivity contribution in [3.8, 4) is 0 Å². The van der Waals surface area contributed by atoms with E-state index in [4.69, 9.17) is 5.11 Å². The molecule has 92 valence electrons. The fourth-order valence-corrected chi connectivity index (χ4v) is 2.84. The SMILES string of the molecule is O=C(O)c1ccc(CN2CCS(=O)CC2)nc1. The Balaban J connectivity index is 1.95. The van der Waals surface area contributed by atoms with Crippen molar-refractivity contribution in [1.29, 1.82) is 0 Å². The van der Waals surface area contributed by atoms with Crippen LogP contribution in [0.1, 0.15) is 16.1 Å². The third-order valence-corrected chi connectivity index (χ3v) is 4.00. The number of nitrogens with zero attached hydrogens (tertiary/aromatic N) is 2. The maximum absolute atomic E-state index is 11.2. The molecular weight excluding hydrogens is 240 g/mol. The van der Waals surface area contributed by atoms with Crippen molar-refractivity contribution in [3.05, 3.63) is 29.6 Å². The van der Waals surface area contributed by atoms with Crippen LogP contribution in [0.5, 0.6) is 0 Å². The summed E-state index contributed by atoms with van der Waals surface area (Å²) in [4.78, 5) is 17.0. The van der Waals surface area contributed by atoms with Gasteiger partial charge in [-0.3, -0.25) is 14.1 Å². The number of hydrogen-bond donors (Lipinski definition) is 1. The van der Waals surface area contributed by atoms with Crippen molar-refractivity contribution in [3.63, 3.8) is 0 Å². The molecular formula is C11H14N2O3S. The van der Waals surface area contributed by atoms with Crippen LogP contribution < -0.4 is 0 Å². The van der Waals surface area contributed by atoms with Gasteiger partial charge in [-0.25, -0.2) is 4.79 Å². The van der Waals surface area contributed by atoms with E-state index in [2.05, 4.69) is 9.88 Å². The lowest BCUT2D eigenvalue weighted by molar-refractivity contribution is 0.0696. The Morgan fingerprint density at radius 3 is 2.65 bits per heavy atom. The van der Waals surface area contributed by atoms with E-state index in [1.54, 1.807) is 12.1 Å². The summed E-state index contributed by atoms with van der Waals surface area (Å²) in [5.41, 5.74) is 1.05. The summed E-state index contributed by atoms with van der Waals surface area (Å²) in [6.45, 7) is 2.32. The van der Waals surface area contributed by atoms with Crippen LogP contribution in [-0.4, -0.2) is 49.8 Å². The van der Waals surface area contributed by atoms with Crippen LogP contribution in [0, 0.1) is 0 Å². The third-order valence-electron chi connectivity index (χ3n) is 2.73. The van der Waals surface area contributed by atoms with Crippen LogP contribution >= 0.6 is 0 Å². The first kappa shape index (κ1) is 12.2. The molecule has 0 unspecified atom stereocenters. The lowest BCUT2D eigenvalue weighted by atomic mass is 10.2. The van der Waals surface area contributed by atoms with Gasteiger partial charge in [-0.05, 0) is 12.1 Å². The van der Waals surface area contributed by atoms with Crippen molar-refractivity contribution in [2.24, 2.45) is 0 Å². The highest BCUT2D eigenvalue weighted by molar-refractivity contribution is 7.85. The molecule has 0 spiro atoms. The molecule has 1 aromatic heterocycles. The van der Waals surface area contributed by atoms with Gasteiger partial charge >= 0.3 is 5.97 Å². The second-order valence-electron chi connectivity index (χ2n) is 3.97. The fraction of sp³-hybridized carbons (Fsp3) is 0.455. The first-order valence-corrected chi connectivity index (χ1v) is 6.89. The Hall–Kier alpha value is -1.27. The van der Waals surface area contributed by atoms with E-state index >= 15 is 0 Å². The summed E-state index contributed by atoms with van der Waals surface area (Å²) in [5.74, 6) is 0.470. The molecule has 1 aromatic rings. The van der Waals surface area contributed by atoms with Crippen LogP contribution in [0.15, 0.2) is 18.3 Å². The van der Waals surface area contributed by atoms with Crippen molar-refractivity contribution >= 4 is 16.8 Å². The molecule has 0 saturated carbocycles. The zero-order valence-corrected chi connectivity index (χ0v) is 10.2. The van der Waals surface area contributed by atoms with Gasteiger partial charge in [0.15, 0.2) is 0 Å². The van der Waals surface area contributed by atoms with Crippen LogP contribution in [0.25, 0.3) is 0 Å². The molecule has 5 nitrogen and oxygen atoms in total. The quantitative estimate of drug-likeness (QED) is 0.842. The molecule has 1 aliphatic heterocycles. The third kappa shape index (κ3) is 3.34. The van der Waals surface area contributed by atoms with Gasteiger partial charge in [0.25, 0.3) is 0 Å².